The van der Waals surface area contributed by atoms with E-state index in [0.717, 1.165) is 31.7 Å². The Bertz CT molecular complexity index is 480. The number of nitrogens with zero attached hydrogens (tertiary/aromatic N) is 2. The van der Waals surface area contributed by atoms with E-state index in [2.05, 4.69) is 28.5 Å². The smallest absolute Gasteiger partial charge is 0.232 e. The van der Waals surface area contributed by atoms with Gasteiger partial charge in [-0.1, -0.05) is 20.8 Å². The van der Waals surface area contributed by atoms with Crippen LogP contribution in [-0.2, 0) is 10.0 Å². The van der Waals surface area contributed by atoms with Crippen molar-refractivity contribution in [3.05, 3.63) is 18.3 Å². The molecule has 0 aliphatic carbocycles. The molecule has 0 saturated heterocycles. The number of aromatic nitrogens is 1. The van der Waals surface area contributed by atoms with Crippen molar-refractivity contribution in [3.8, 4) is 0 Å². The maximum atomic E-state index is 11.7. The number of rotatable bonds is 9. The number of nitrogens with one attached hydrogen (secondary N) is 1. The van der Waals surface area contributed by atoms with Crippen molar-refractivity contribution in [2.75, 3.05) is 28.5 Å². The van der Waals surface area contributed by atoms with Gasteiger partial charge in [0.2, 0.25) is 10.0 Å². The molecule has 0 amide bonds. The second kappa shape index (κ2) is 8.09. The van der Waals surface area contributed by atoms with Crippen LogP contribution in [0.3, 0.4) is 0 Å². The third-order valence-corrected chi connectivity index (χ3v) is 4.30. The molecule has 1 aromatic rings. The highest BCUT2D eigenvalue weighted by molar-refractivity contribution is 7.92. The maximum absolute atomic E-state index is 11.7. The molecule has 0 radical (unpaired) electrons. The highest BCUT2D eigenvalue weighted by atomic mass is 32.2. The van der Waals surface area contributed by atoms with Crippen molar-refractivity contribution in [3.63, 3.8) is 0 Å². The second-order valence-corrected chi connectivity index (χ2v) is 6.65. The van der Waals surface area contributed by atoms with E-state index in [0.29, 0.717) is 12.1 Å². The van der Waals surface area contributed by atoms with Crippen molar-refractivity contribution in [1.82, 2.24) is 4.98 Å². The van der Waals surface area contributed by atoms with Gasteiger partial charge in [0.05, 0.1) is 17.6 Å². The number of sulfonamides is 1. The van der Waals surface area contributed by atoms with Gasteiger partial charge in [0.1, 0.15) is 5.82 Å². The quantitative estimate of drug-likeness (QED) is 0.761. The lowest BCUT2D eigenvalue weighted by Gasteiger charge is -2.22. The summed E-state index contributed by atoms with van der Waals surface area (Å²) < 4.78 is 25.9. The van der Waals surface area contributed by atoms with Crippen LogP contribution in [0.1, 0.15) is 40.0 Å². The molecule has 1 aromatic heterocycles. The molecule has 0 atom stereocenters. The third-order valence-electron chi connectivity index (χ3n) is 2.81. The van der Waals surface area contributed by atoms with Crippen LogP contribution in [0.15, 0.2) is 18.3 Å². The van der Waals surface area contributed by atoms with Crippen molar-refractivity contribution in [2.45, 2.75) is 40.0 Å². The van der Waals surface area contributed by atoms with Crippen LogP contribution in [0, 0.1) is 0 Å². The van der Waals surface area contributed by atoms with E-state index in [1.807, 2.05) is 13.0 Å². The molecule has 0 fully saturated rings. The van der Waals surface area contributed by atoms with Crippen LogP contribution < -0.4 is 9.62 Å². The van der Waals surface area contributed by atoms with Crippen molar-refractivity contribution in [2.24, 2.45) is 0 Å². The average Bonchev–Trinajstić information content (AvgIpc) is 2.39. The fourth-order valence-electron chi connectivity index (χ4n) is 2.01. The van der Waals surface area contributed by atoms with Gasteiger partial charge in [-0.15, -0.1) is 0 Å². The van der Waals surface area contributed by atoms with Crippen LogP contribution >= 0.6 is 0 Å². The lowest BCUT2D eigenvalue weighted by atomic mass is 10.3. The highest BCUT2D eigenvalue weighted by Crippen LogP contribution is 2.16. The van der Waals surface area contributed by atoms with Crippen LogP contribution in [0.2, 0.25) is 0 Å². The summed E-state index contributed by atoms with van der Waals surface area (Å²) >= 11 is 0. The fourth-order valence-corrected chi connectivity index (χ4v) is 3.13. The van der Waals surface area contributed by atoms with Gasteiger partial charge in [0.15, 0.2) is 0 Å². The molecule has 1 heterocycles. The first-order valence-electron chi connectivity index (χ1n) is 7.23. The first-order chi connectivity index (χ1) is 9.52. The Labute approximate surface area is 122 Å². The molecule has 0 aliphatic heterocycles. The minimum atomic E-state index is -3.24. The molecule has 0 aliphatic rings. The predicted molar refractivity (Wildman–Crippen MR) is 84.7 cm³/mol. The van der Waals surface area contributed by atoms with Gasteiger partial charge in [-0.2, -0.15) is 0 Å². The molecule has 6 heteroatoms. The van der Waals surface area contributed by atoms with Crippen LogP contribution in [0.5, 0.6) is 0 Å². The Morgan fingerprint density at radius 3 is 2.20 bits per heavy atom. The van der Waals surface area contributed by atoms with Gasteiger partial charge in [0, 0.05) is 13.1 Å². The van der Waals surface area contributed by atoms with Crippen molar-refractivity contribution >= 4 is 21.5 Å². The summed E-state index contributed by atoms with van der Waals surface area (Å²) in [7, 11) is -3.24. The molecular formula is C14H25N3O2S. The highest BCUT2D eigenvalue weighted by Gasteiger charge is 2.10. The van der Waals surface area contributed by atoms with E-state index in [1.54, 1.807) is 12.3 Å². The van der Waals surface area contributed by atoms with E-state index in [-0.39, 0.29) is 5.75 Å². The number of hydrogen-bond acceptors (Lipinski definition) is 4. The van der Waals surface area contributed by atoms with Crippen molar-refractivity contribution < 1.29 is 8.42 Å². The summed E-state index contributed by atoms with van der Waals surface area (Å²) in [4.78, 5) is 6.57. The second-order valence-electron chi connectivity index (χ2n) is 4.81. The summed E-state index contributed by atoms with van der Waals surface area (Å²) in [5.41, 5.74) is 0.523. The maximum Gasteiger partial charge on any atom is 0.232 e. The zero-order valence-corrected chi connectivity index (χ0v) is 13.4. The number of hydrogen-bond donors (Lipinski definition) is 1. The zero-order valence-electron chi connectivity index (χ0n) is 12.6. The van der Waals surface area contributed by atoms with E-state index in [4.69, 9.17) is 0 Å². The minimum absolute atomic E-state index is 0.131. The molecule has 1 rings (SSSR count). The molecule has 114 valence electrons. The molecule has 0 unspecified atom stereocenters. The molecular weight excluding hydrogens is 274 g/mol. The van der Waals surface area contributed by atoms with E-state index in [1.165, 1.54) is 0 Å². The topological polar surface area (TPSA) is 62.3 Å². The molecule has 1 N–H and O–H groups in total. The monoisotopic (exact) mass is 299 g/mol. The van der Waals surface area contributed by atoms with Crippen molar-refractivity contribution in [1.29, 1.82) is 0 Å². The van der Waals surface area contributed by atoms with Gasteiger partial charge in [-0.3, -0.25) is 4.72 Å². The number of anilines is 2. The first-order valence-corrected chi connectivity index (χ1v) is 8.89. The Morgan fingerprint density at radius 1 is 1.10 bits per heavy atom. The zero-order chi connectivity index (χ0) is 15.0. The lowest BCUT2D eigenvalue weighted by molar-refractivity contribution is 0.600. The van der Waals surface area contributed by atoms with Gasteiger partial charge in [-0.25, -0.2) is 13.4 Å². The first kappa shape index (κ1) is 16.8. The molecule has 5 nitrogen and oxygen atoms in total. The largest absolute Gasteiger partial charge is 0.357 e. The summed E-state index contributed by atoms with van der Waals surface area (Å²) in [6.07, 6.45) is 4.31. The summed E-state index contributed by atoms with van der Waals surface area (Å²) in [5, 5.41) is 0. The SMILES string of the molecule is CCCN(CCC)c1ccc(NS(=O)(=O)CCC)cn1. The predicted octanol–water partition coefficient (Wildman–Crippen LogP) is 2.86. The standard InChI is InChI=1S/C14H25N3O2S/c1-4-9-17(10-5-2)14-8-7-13(12-15-14)16-20(18,19)11-6-3/h7-8,12,16H,4-6,9-11H2,1-3H3. The van der Waals surface area contributed by atoms with Gasteiger partial charge in [0.25, 0.3) is 0 Å². The molecule has 0 bridgehead atoms. The Kier molecular flexibility index (Phi) is 6.78. The molecule has 0 aromatic carbocycles. The molecule has 0 saturated carbocycles. The molecule has 0 spiro atoms. The van der Waals surface area contributed by atoms with Crippen LogP contribution in [-0.4, -0.2) is 32.2 Å². The van der Waals surface area contributed by atoms with Crippen LogP contribution in [0.25, 0.3) is 0 Å². The lowest BCUT2D eigenvalue weighted by Crippen LogP contribution is -2.25. The summed E-state index contributed by atoms with van der Waals surface area (Å²) in [5.74, 6) is 1.03. The minimum Gasteiger partial charge on any atom is -0.357 e. The van der Waals surface area contributed by atoms with E-state index < -0.39 is 10.0 Å². The summed E-state index contributed by atoms with van der Waals surface area (Å²) in [6.45, 7) is 8.03. The number of pyridine rings is 1. The summed E-state index contributed by atoms with van der Waals surface area (Å²) in [6, 6.07) is 3.64. The Hall–Kier alpha value is -1.30. The average molecular weight is 299 g/mol. The van der Waals surface area contributed by atoms with Gasteiger partial charge in [-0.05, 0) is 31.4 Å². The van der Waals surface area contributed by atoms with Crippen LogP contribution in [0.4, 0.5) is 11.5 Å². The molecule has 20 heavy (non-hydrogen) atoms. The normalized spacial score (nSPS) is 11.3. The van der Waals surface area contributed by atoms with E-state index >= 15 is 0 Å². The van der Waals surface area contributed by atoms with Gasteiger partial charge >= 0.3 is 0 Å². The Morgan fingerprint density at radius 2 is 1.75 bits per heavy atom. The van der Waals surface area contributed by atoms with Gasteiger partial charge < -0.3 is 4.90 Å². The third kappa shape index (κ3) is 5.36. The Balaban J connectivity index is 2.77. The fraction of sp³-hybridized carbons (Fsp3) is 0.643. The van der Waals surface area contributed by atoms with E-state index in [9.17, 15) is 8.42 Å².